The number of rotatable bonds is 9. The van der Waals surface area contributed by atoms with Crippen LogP contribution in [0.25, 0.3) is 0 Å². The summed E-state index contributed by atoms with van der Waals surface area (Å²) in [4.78, 5) is 15.0. The van der Waals surface area contributed by atoms with Crippen LogP contribution >= 0.6 is 0 Å². The lowest BCUT2D eigenvalue weighted by atomic mass is 10.1. The zero-order chi connectivity index (χ0) is 20.7. The number of carbonyl (C=O) groups is 1. The molecule has 156 valence electrons. The van der Waals surface area contributed by atoms with Gasteiger partial charge in [0, 0.05) is 31.7 Å². The van der Waals surface area contributed by atoms with Gasteiger partial charge in [-0.1, -0.05) is 43.7 Å². The summed E-state index contributed by atoms with van der Waals surface area (Å²) in [5.74, 6) is 0.0958. The average Bonchev–Trinajstić information content (AvgIpc) is 3.29. The Morgan fingerprint density at radius 3 is 2.28 bits per heavy atom. The van der Waals surface area contributed by atoms with Crippen LogP contribution in [0.15, 0.2) is 59.5 Å². The Kier molecular flexibility index (Phi) is 7.45. The van der Waals surface area contributed by atoms with Gasteiger partial charge in [-0.2, -0.15) is 4.31 Å². The minimum atomic E-state index is -3.39. The molecule has 1 saturated heterocycles. The summed E-state index contributed by atoms with van der Waals surface area (Å²) >= 11 is 0. The van der Waals surface area contributed by atoms with Crippen molar-refractivity contribution in [1.29, 1.82) is 0 Å². The van der Waals surface area contributed by atoms with E-state index in [0.717, 1.165) is 36.9 Å². The lowest BCUT2D eigenvalue weighted by molar-refractivity contribution is -0.118. The maximum atomic E-state index is 12.8. The van der Waals surface area contributed by atoms with E-state index in [9.17, 15) is 13.2 Å². The molecule has 0 bridgehead atoms. The summed E-state index contributed by atoms with van der Waals surface area (Å²) in [7, 11) is -3.39. The van der Waals surface area contributed by atoms with Crippen LogP contribution in [-0.4, -0.2) is 38.3 Å². The van der Waals surface area contributed by atoms with E-state index in [-0.39, 0.29) is 5.91 Å². The summed E-state index contributed by atoms with van der Waals surface area (Å²) < 4.78 is 26.8. The number of nitrogens with zero attached hydrogens (tertiary/aromatic N) is 2. The summed E-state index contributed by atoms with van der Waals surface area (Å²) in [5, 5.41) is 0. The molecule has 0 aromatic heterocycles. The monoisotopic (exact) mass is 414 g/mol. The van der Waals surface area contributed by atoms with Crippen molar-refractivity contribution in [2.45, 2.75) is 50.3 Å². The van der Waals surface area contributed by atoms with Gasteiger partial charge in [0.05, 0.1) is 4.90 Å². The van der Waals surface area contributed by atoms with Crippen molar-refractivity contribution in [3.8, 4) is 0 Å². The smallest absolute Gasteiger partial charge is 0.243 e. The molecule has 3 rings (SSSR count). The average molecular weight is 415 g/mol. The molecule has 1 aliphatic heterocycles. The van der Waals surface area contributed by atoms with Gasteiger partial charge >= 0.3 is 0 Å². The van der Waals surface area contributed by atoms with Crippen molar-refractivity contribution < 1.29 is 13.2 Å². The highest BCUT2D eigenvalue weighted by Gasteiger charge is 2.26. The molecule has 0 aliphatic carbocycles. The van der Waals surface area contributed by atoms with Gasteiger partial charge in [0.25, 0.3) is 0 Å². The van der Waals surface area contributed by atoms with Crippen molar-refractivity contribution >= 4 is 21.6 Å². The first-order valence-electron chi connectivity index (χ1n) is 10.5. The summed E-state index contributed by atoms with van der Waals surface area (Å²) in [6.07, 6.45) is 4.84. The van der Waals surface area contributed by atoms with Gasteiger partial charge < -0.3 is 4.90 Å². The molecule has 0 unspecified atom stereocenters. The van der Waals surface area contributed by atoms with Gasteiger partial charge in [-0.05, 0) is 55.5 Å². The second kappa shape index (κ2) is 10.0. The van der Waals surface area contributed by atoms with Gasteiger partial charge in [-0.3, -0.25) is 4.79 Å². The lowest BCUT2D eigenvalue weighted by Gasteiger charge is -2.23. The third-order valence-electron chi connectivity index (χ3n) is 5.36. The van der Waals surface area contributed by atoms with Crippen LogP contribution < -0.4 is 4.90 Å². The summed E-state index contributed by atoms with van der Waals surface area (Å²) in [5.41, 5.74) is 1.90. The Morgan fingerprint density at radius 1 is 1.00 bits per heavy atom. The van der Waals surface area contributed by atoms with Gasteiger partial charge in [0.15, 0.2) is 0 Å². The fourth-order valence-corrected chi connectivity index (χ4v) is 5.13. The Hall–Kier alpha value is -2.18. The predicted octanol–water partition coefficient (Wildman–Crippen LogP) is 4.24. The van der Waals surface area contributed by atoms with Crippen LogP contribution in [0.1, 0.15) is 44.6 Å². The molecule has 1 amide bonds. The van der Waals surface area contributed by atoms with Crippen LogP contribution in [-0.2, 0) is 21.2 Å². The Morgan fingerprint density at radius 2 is 1.66 bits per heavy atom. The Labute approximate surface area is 174 Å². The number of hydrogen-bond donors (Lipinski definition) is 0. The summed E-state index contributed by atoms with van der Waals surface area (Å²) in [6, 6.07) is 16.8. The minimum absolute atomic E-state index is 0.0958. The second-order valence-electron chi connectivity index (χ2n) is 7.49. The van der Waals surface area contributed by atoms with Crippen molar-refractivity contribution in [1.82, 2.24) is 4.31 Å². The predicted molar refractivity (Wildman–Crippen MR) is 116 cm³/mol. The van der Waals surface area contributed by atoms with Crippen LogP contribution in [0, 0.1) is 0 Å². The van der Waals surface area contributed by atoms with E-state index in [0.29, 0.717) is 37.4 Å². The molecule has 6 heteroatoms. The normalized spacial score (nSPS) is 14.8. The zero-order valence-corrected chi connectivity index (χ0v) is 17.9. The maximum Gasteiger partial charge on any atom is 0.243 e. The number of benzene rings is 2. The third kappa shape index (κ3) is 5.46. The zero-order valence-electron chi connectivity index (χ0n) is 17.1. The molecular formula is C23H30N2O3S. The highest BCUT2D eigenvalue weighted by Crippen LogP contribution is 2.22. The molecule has 0 radical (unpaired) electrons. The second-order valence-corrected chi connectivity index (χ2v) is 9.43. The van der Waals surface area contributed by atoms with Gasteiger partial charge in [0.2, 0.25) is 15.9 Å². The molecule has 0 atom stereocenters. The van der Waals surface area contributed by atoms with Crippen LogP contribution in [0.4, 0.5) is 5.69 Å². The van der Waals surface area contributed by atoms with Crippen molar-refractivity contribution in [2.24, 2.45) is 0 Å². The number of aryl methyl sites for hydroxylation is 1. The number of carbonyl (C=O) groups excluding carboxylic acids is 1. The molecule has 1 fully saturated rings. The quantitative estimate of drug-likeness (QED) is 0.617. The Balaban J connectivity index is 1.63. The SMILES string of the molecule is CCCCN(C(=O)CCc1ccc(S(=O)(=O)N2CCCC2)cc1)c1ccccc1. The van der Waals surface area contributed by atoms with E-state index in [1.807, 2.05) is 47.4 Å². The van der Waals surface area contributed by atoms with Crippen molar-refractivity contribution in [3.05, 3.63) is 60.2 Å². The first-order valence-corrected chi connectivity index (χ1v) is 11.9. The number of unbranched alkanes of at least 4 members (excludes halogenated alkanes) is 1. The van der Waals surface area contributed by atoms with Crippen LogP contribution in [0.2, 0.25) is 0 Å². The standard InChI is InChI=1S/C23H30N2O3S/c1-2-3-19-25(21-9-5-4-6-10-21)23(26)16-13-20-11-14-22(15-12-20)29(27,28)24-17-7-8-18-24/h4-6,9-12,14-15H,2-3,7-8,13,16-19H2,1H3. The van der Waals surface area contributed by atoms with E-state index >= 15 is 0 Å². The number of anilines is 1. The summed E-state index contributed by atoms with van der Waals surface area (Å²) in [6.45, 7) is 4.04. The molecule has 1 heterocycles. The van der Waals surface area contributed by atoms with Gasteiger partial charge in [0.1, 0.15) is 0 Å². The van der Waals surface area contributed by atoms with Crippen LogP contribution in [0.3, 0.4) is 0 Å². The first-order chi connectivity index (χ1) is 14.0. The van der Waals surface area contributed by atoms with E-state index < -0.39 is 10.0 Å². The fourth-order valence-electron chi connectivity index (χ4n) is 3.61. The fraction of sp³-hybridized carbons (Fsp3) is 0.435. The van der Waals surface area contributed by atoms with Crippen LogP contribution in [0.5, 0.6) is 0 Å². The highest BCUT2D eigenvalue weighted by molar-refractivity contribution is 7.89. The molecule has 2 aromatic rings. The topological polar surface area (TPSA) is 57.7 Å². The molecule has 5 nitrogen and oxygen atoms in total. The van der Waals surface area contributed by atoms with E-state index in [4.69, 9.17) is 0 Å². The Bertz CT molecular complexity index is 889. The maximum absolute atomic E-state index is 12.8. The van der Waals surface area contributed by atoms with Gasteiger partial charge in [-0.15, -0.1) is 0 Å². The molecule has 2 aromatic carbocycles. The molecular weight excluding hydrogens is 384 g/mol. The number of sulfonamides is 1. The van der Waals surface area contributed by atoms with Crippen molar-refractivity contribution in [3.63, 3.8) is 0 Å². The van der Waals surface area contributed by atoms with E-state index in [1.54, 1.807) is 16.4 Å². The molecule has 0 spiro atoms. The highest BCUT2D eigenvalue weighted by atomic mass is 32.2. The largest absolute Gasteiger partial charge is 0.312 e. The van der Waals surface area contributed by atoms with Gasteiger partial charge in [-0.25, -0.2) is 8.42 Å². The van der Waals surface area contributed by atoms with E-state index in [1.165, 1.54) is 0 Å². The lowest BCUT2D eigenvalue weighted by Crippen LogP contribution is -2.32. The number of para-hydroxylation sites is 1. The first kappa shape index (κ1) is 21.5. The third-order valence-corrected chi connectivity index (χ3v) is 7.27. The number of amides is 1. The molecule has 0 N–H and O–H groups in total. The molecule has 29 heavy (non-hydrogen) atoms. The molecule has 1 aliphatic rings. The minimum Gasteiger partial charge on any atom is -0.312 e. The van der Waals surface area contributed by atoms with E-state index in [2.05, 4.69) is 6.92 Å². The number of hydrogen-bond acceptors (Lipinski definition) is 3. The molecule has 0 saturated carbocycles. The van der Waals surface area contributed by atoms with Crippen molar-refractivity contribution in [2.75, 3.05) is 24.5 Å².